The molecule has 0 radical (unpaired) electrons. The van der Waals surface area contributed by atoms with Crippen molar-refractivity contribution in [2.24, 2.45) is 5.10 Å². The summed E-state index contributed by atoms with van der Waals surface area (Å²) in [5.41, 5.74) is 3.55. The Bertz CT molecular complexity index is 517. The van der Waals surface area contributed by atoms with Crippen LogP contribution in [0.25, 0.3) is 0 Å². The van der Waals surface area contributed by atoms with Crippen LogP contribution in [0.5, 0.6) is 0 Å². The molecule has 1 aromatic carbocycles. The molecule has 5 nitrogen and oxygen atoms in total. The van der Waals surface area contributed by atoms with E-state index in [2.05, 4.69) is 15.3 Å². The molecule has 0 amide bonds. The summed E-state index contributed by atoms with van der Waals surface area (Å²) in [6, 6.07) is 7.00. The Kier molecular flexibility index (Phi) is 7.85. The van der Waals surface area contributed by atoms with Crippen LogP contribution in [0.2, 0.25) is 5.02 Å². The van der Waals surface area contributed by atoms with Gasteiger partial charge in [0.05, 0.1) is 12.8 Å². The molecule has 0 saturated heterocycles. The van der Waals surface area contributed by atoms with Crippen molar-refractivity contribution in [3.05, 3.63) is 29.3 Å². The van der Waals surface area contributed by atoms with E-state index in [-0.39, 0.29) is 24.6 Å². The lowest BCUT2D eigenvalue weighted by molar-refractivity contribution is -0.140. The number of rotatable bonds is 7. The van der Waals surface area contributed by atoms with Crippen molar-refractivity contribution in [1.82, 2.24) is 0 Å². The first-order chi connectivity index (χ1) is 10.1. The van der Waals surface area contributed by atoms with Crippen LogP contribution in [-0.4, -0.2) is 30.2 Å². The smallest absolute Gasteiger partial charge is 0.305 e. The maximum absolute atomic E-state index is 12.0. The summed E-state index contributed by atoms with van der Waals surface area (Å²) in [7, 11) is 1.33. The van der Waals surface area contributed by atoms with Gasteiger partial charge in [0.1, 0.15) is 0 Å². The van der Waals surface area contributed by atoms with Crippen LogP contribution in [0.3, 0.4) is 0 Å². The molecule has 0 aliphatic rings. The Balaban J connectivity index is 2.52. The molecule has 0 bridgehead atoms. The fourth-order valence-corrected chi connectivity index (χ4v) is 2.06. The summed E-state index contributed by atoms with van der Waals surface area (Å²) in [5.74, 6) is -0.419. The summed E-state index contributed by atoms with van der Waals surface area (Å²) in [4.78, 5) is 22.9. The molecule has 0 spiro atoms. The Labute approximate surface area is 133 Å². The summed E-state index contributed by atoms with van der Waals surface area (Å²) in [6.07, 6.45) is 2.72. The van der Waals surface area contributed by atoms with Crippen LogP contribution in [0.4, 0.5) is 5.69 Å². The number of methoxy groups -OCH3 is 1. The van der Waals surface area contributed by atoms with E-state index >= 15 is 0 Å². The maximum atomic E-state index is 12.0. The van der Waals surface area contributed by atoms with Gasteiger partial charge in [-0.25, -0.2) is 0 Å². The highest BCUT2D eigenvalue weighted by atomic mass is 35.5. The summed E-state index contributed by atoms with van der Waals surface area (Å²) in [6.45, 7) is 0. The van der Waals surface area contributed by atoms with Crippen LogP contribution in [0, 0.1) is 0 Å². The van der Waals surface area contributed by atoms with Gasteiger partial charge in [-0.05, 0) is 36.9 Å². The normalized spacial score (nSPS) is 11.1. The zero-order chi connectivity index (χ0) is 15.7. The molecule has 0 saturated carbocycles. The molecule has 0 fully saturated rings. The highest BCUT2D eigenvalue weighted by Gasteiger charge is 2.11. The maximum Gasteiger partial charge on any atom is 0.305 e. The average Bonchev–Trinajstić information content (AvgIpc) is 2.49. The van der Waals surface area contributed by atoms with Crippen LogP contribution < -0.4 is 5.43 Å². The Morgan fingerprint density at radius 2 is 1.95 bits per heavy atom. The van der Waals surface area contributed by atoms with Crippen molar-refractivity contribution in [3.63, 3.8) is 0 Å². The highest BCUT2D eigenvalue weighted by molar-refractivity contribution is 8.15. The molecule has 21 heavy (non-hydrogen) atoms. The predicted molar refractivity (Wildman–Crippen MR) is 86.9 cm³/mol. The van der Waals surface area contributed by atoms with E-state index in [0.29, 0.717) is 16.5 Å². The Morgan fingerprint density at radius 1 is 1.29 bits per heavy atom. The number of carbonyl (C=O) groups is 2. The van der Waals surface area contributed by atoms with Gasteiger partial charge in [-0.1, -0.05) is 11.6 Å². The van der Waals surface area contributed by atoms with E-state index in [9.17, 15) is 9.59 Å². The van der Waals surface area contributed by atoms with Crippen molar-refractivity contribution < 1.29 is 14.3 Å². The van der Waals surface area contributed by atoms with Crippen LogP contribution in [-0.2, 0) is 14.3 Å². The number of anilines is 1. The fourth-order valence-electron chi connectivity index (χ4n) is 1.46. The van der Waals surface area contributed by atoms with Crippen LogP contribution >= 0.6 is 23.4 Å². The molecular formula is C14H17ClN2O3S. The minimum absolute atomic E-state index is 0.104. The lowest BCUT2D eigenvalue weighted by Gasteiger charge is -2.04. The van der Waals surface area contributed by atoms with E-state index in [1.807, 2.05) is 0 Å². The van der Waals surface area contributed by atoms with Crippen molar-refractivity contribution in [1.29, 1.82) is 0 Å². The predicted octanol–water partition coefficient (Wildman–Crippen LogP) is 3.34. The molecular weight excluding hydrogens is 312 g/mol. The number of ketones is 1. The van der Waals surface area contributed by atoms with Crippen LogP contribution in [0.15, 0.2) is 29.4 Å². The van der Waals surface area contributed by atoms with Crippen LogP contribution in [0.1, 0.15) is 19.3 Å². The largest absolute Gasteiger partial charge is 0.469 e. The van der Waals surface area contributed by atoms with Gasteiger partial charge in [0.25, 0.3) is 0 Å². The lowest BCUT2D eigenvalue weighted by atomic mass is 10.2. The molecule has 0 atom stereocenters. The van der Waals surface area contributed by atoms with E-state index in [1.54, 1.807) is 30.5 Å². The molecule has 7 heteroatoms. The number of hydrazone groups is 1. The summed E-state index contributed by atoms with van der Waals surface area (Å²) < 4.78 is 4.52. The minimum atomic E-state index is -0.315. The third-order valence-electron chi connectivity index (χ3n) is 2.58. The van der Waals surface area contributed by atoms with Gasteiger partial charge in [0, 0.05) is 17.9 Å². The first kappa shape index (κ1) is 17.5. The molecule has 0 unspecified atom stereocenters. The standard InChI is InChI=1S/C14H17ClN2O3S/c1-20-13(19)5-3-4-12(18)14(21-2)17-16-11-8-6-10(15)7-9-11/h6-9,16H,3-5H2,1-2H3/b17-14+. The van der Waals surface area contributed by atoms with Gasteiger partial charge in [-0.2, -0.15) is 5.10 Å². The second kappa shape index (κ2) is 9.41. The van der Waals surface area contributed by atoms with Crippen molar-refractivity contribution in [2.45, 2.75) is 19.3 Å². The Morgan fingerprint density at radius 3 is 2.52 bits per heavy atom. The van der Waals surface area contributed by atoms with Gasteiger partial charge >= 0.3 is 5.97 Å². The second-order valence-electron chi connectivity index (χ2n) is 4.09. The number of hydrogen-bond donors (Lipinski definition) is 1. The van der Waals surface area contributed by atoms with E-state index < -0.39 is 0 Å². The van der Waals surface area contributed by atoms with Crippen molar-refractivity contribution >= 4 is 45.8 Å². The van der Waals surface area contributed by atoms with E-state index in [1.165, 1.54) is 18.9 Å². The molecule has 1 aromatic rings. The molecule has 0 heterocycles. The number of halogens is 1. The summed E-state index contributed by atoms with van der Waals surface area (Å²) >= 11 is 7.05. The van der Waals surface area contributed by atoms with Crippen molar-refractivity contribution in [3.8, 4) is 0 Å². The van der Waals surface area contributed by atoms with Gasteiger partial charge in [0.15, 0.2) is 10.8 Å². The molecule has 0 aromatic heterocycles. The van der Waals surface area contributed by atoms with Gasteiger partial charge in [0.2, 0.25) is 0 Å². The zero-order valence-electron chi connectivity index (χ0n) is 11.9. The number of nitrogens with zero attached hydrogens (tertiary/aromatic N) is 1. The number of nitrogens with one attached hydrogen (secondary N) is 1. The number of hydrogen-bond acceptors (Lipinski definition) is 6. The fraction of sp³-hybridized carbons (Fsp3) is 0.357. The topological polar surface area (TPSA) is 67.8 Å². The number of benzene rings is 1. The Hall–Kier alpha value is -1.53. The molecule has 0 aliphatic heterocycles. The number of carbonyl (C=O) groups excluding carboxylic acids is 2. The SMILES string of the molecule is COC(=O)CCCC(=O)/C(=N\Nc1ccc(Cl)cc1)SC. The minimum Gasteiger partial charge on any atom is -0.469 e. The molecule has 1 rings (SSSR count). The monoisotopic (exact) mass is 328 g/mol. The second-order valence-corrected chi connectivity index (χ2v) is 5.32. The third kappa shape index (κ3) is 6.64. The third-order valence-corrected chi connectivity index (χ3v) is 3.53. The first-order valence-electron chi connectivity index (χ1n) is 6.30. The van der Waals surface area contributed by atoms with Crippen molar-refractivity contribution in [2.75, 3.05) is 18.8 Å². The number of ether oxygens (including phenoxy) is 1. The van der Waals surface area contributed by atoms with Gasteiger partial charge in [-0.3, -0.25) is 15.0 Å². The van der Waals surface area contributed by atoms with Gasteiger partial charge < -0.3 is 4.74 Å². The quantitative estimate of drug-likeness (QED) is 0.360. The lowest BCUT2D eigenvalue weighted by Crippen LogP contribution is -2.12. The summed E-state index contributed by atoms with van der Waals surface area (Å²) in [5, 5.41) is 5.08. The number of Topliss-reactive ketones (excluding diaryl/α,β-unsaturated/α-hetero) is 1. The molecule has 114 valence electrons. The number of esters is 1. The zero-order valence-corrected chi connectivity index (χ0v) is 13.5. The highest BCUT2D eigenvalue weighted by Crippen LogP contribution is 2.14. The van der Waals surface area contributed by atoms with E-state index in [4.69, 9.17) is 11.6 Å². The first-order valence-corrected chi connectivity index (χ1v) is 7.90. The number of thioether (sulfide) groups is 1. The van der Waals surface area contributed by atoms with Gasteiger partial charge in [-0.15, -0.1) is 11.8 Å². The molecule has 1 N–H and O–H groups in total. The average molecular weight is 329 g/mol. The van der Waals surface area contributed by atoms with E-state index in [0.717, 1.165) is 5.69 Å². The molecule has 0 aliphatic carbocycles.